The number of rotatable bonds is 4. The number of halogens is 1. The van der Waals surface area contributed by atoms with Crippen LogP contribution in [0.5, 0.6) is 5.75 Å². The minimum atomic E-state index is 0.231. The summed E-state index contributed by atoms with van der Waals surface area (Å²) in [5.74, 6) is 1.31. The van der Waals surface area contributed by atoms with E-state index in [0.717, 1.165) is 16.7 Å². The summed E-state index contributed by atoms with van der Waals surface area (Å²) >= 11 is 7.84. The van der Waals surface area contributed by atoms with E-state index in [4.69, 9.17) is 11.6 Å². The number of aromatic hydroxyl groups is 1. The van der Waals surface area contributed by atoms with E-state index in [0.29, 0.717) is 5.02 Å². The molecule has 2 rings (SSSR count). The number of hydrogen-bond acceptors (Lipinski definition) is 3. The summed E-state index contributed by atoms with van der Waals surface area (Å²) in [6, 6.07) is 5.92. The van der Waals surface area contributed by atoms with E-state index in [2.05, 4.69) is 11.9 Å². The van der Waals surface area contributed by atoms with Crippen LogP contribution < -0.4 is 0 Å². The van der Waals surface area contributed by atoms with E-state index >= 15 is 0 Å². The minimum absolute atomic E-state index is 0.231. The molecule has 1 unspecified atom stereocenters. The number of thioether (sulfide) groups is 1. The van der Waals surface area contributed by atoms with Crippen molar-refractivity contribution >= 4 is 23.4 Å². The molecule has 1 N–H and O–H groups in total. The van der Waals surface area contributed by atoms with Crippen LogP contribution in [-0.2, 0) is 0 Å². The summed E-state index contributed by atoms with van der Waals surface area (Å²) in [5.41, 5.74) is 0. The molecule has 0 spiro atoms. The van der Waals surface area contributed by atoms with Crippen LogP contribution in [-0.4, -0.2) is 35.4 Å². The zero-order valence-corrected chi connectivity index (χ0v) is 11.6. The highest BCUT2D eigenvalue weighted by molar-refractivity contribution is 7.99. The van der Waals surface area contributed by atoms with Crippen LogP contribution in [0.4, 0.5) is 0 Å². The summed E-state index contributed by atoms with van der Waals surface area (Å²) < 4.78 is 0. The van der Waals surface area contributed by atoms with Gasteiger partial charge in [-0.05, 0) is 56.8 Å². The Morgan fingerprint density at radius 1 is 1.53 bits per heavy atom. The van der Waals surface area contributed by atoms with Gasteiger partial charge in [0.1, 0.15) is 5.75 Å². The average molecular weight is 272 g/mol. The number of likely N-dealkylation sites (tertiary alicyclic amines) is 1. The van der Waals surface area contributed by atoms with Gasteiger partial charge in [-0.15, -0.1) is 11.8 Å². The van der Waals surface area contributed by atoms with Crippen molar-refractivity contribution in [2.24, 2.45) is 0 Å². The van der Waals surface area contributed by atoms with Crippen LogP contribution in [0.2, 0.25) is 5.02 Å². The third kappa shape index (κ3) is 3.54. The maximum Gasteiger partial charge on any atom is 0.117 e. The number of phenols is 1. The van der Waals surface area contributed by atoms with Crippen LogP contribution in [0.3, 0.4) is 0 Å². The molecule has 1 atom stereocenters. The largest absolute Gasteiger partial charge is 0.508 e. The molecule has 94 valence electrons. The lowest BCUT2D eigenvalue weighted by Gasteiger charge is -2.18. The molecule has 0 aliphatic carbocycles. The number of hydrogen-bond donors (Lipinski definition) is 1. The van der Waals surface area contributed by atoms with Gasteiger partial charge in [-0.2, -0.15) is 0 Å². The molecular weight excluding hydrogens is 254 g/mol. The Bertz CT molecular complexity index is 386. The SMILES string of the molecule is CN1CCCC1CCSc1ccc(O)cc1Cl. The Kier molecular flexibility index (Phi) is 4.60. The van der Waals surface area contributed by atoms with Crippen LogP contribution in [0.15, 0.2) is 23.1 Å². The Balaban J connectivity index is 1.81. The van der Waals surface area contributed by atoms with E-state index in [1.54, 1.807) is 23.9 Å². The topological polar surface area (TPSA) is 23.5 Å². The first kappa shape index (κ1) is 13.1. The van der Waals surface area contributed by atoms with Crippen LogP contribution in [0, 0.1) is 0 Å². The van der Waals surface area contributed by atoms with Gasteiger partial charge >= 0.3 is 0 Å². The molecule has 0 bridgehead atoms. The fourth-order valence-electron chi connectivity index (χ4n) is 2.26. The predicted octanol–water partition coefficient (Wildman–Crippen LogP) is 3.62. The highest BCUT2D eigenvalue weighted by Crippen LogP contribution is 2.31. The van der Waals surface area contributed by atoms with Gasteiger partial charge in [0.05, 0.1) is 5.02 Å². The van der Waals surface area contributed by atoms with Crippen molar-refractivity contribution in [1.29, 1.82) is 0 Å². The van der Waals surface area contributed by atoms with Crippen molar-refractivity contribution in [2.75, 3.05) is 19.3 Å². The van der Waals surface area contributed by atoms with Crippen LogP contribution in [0.1, 0.15) is 19.3 Å². The molecule has 1 aliphatic heterocycles. The van der Waals surface area contributed by atoms with Gasteiger partial charge in [-0.3, -0.25) is 0 Å². The Morgan fingerprint density at radius 2 is 2.35 bits per heavy atom. The first-order valence-corrected chi connectivity index (χ1v) is 7.35. The fourth-order valence-corrected chi connectivity index (χ4v) is 3.57. The predicted molar refractivity (Wildman–Crippen MR) is 74.1 cm³/mol. The van der Waals surface area contributed by atoms with Gasteiger partial charge in [0, 0.05) is 10.9 Å². The quantitative estimate of drug-likeness (QED) is 0.846. The normalized spacial score (nSPS) is 20.9. The van der Waals surface area contributed by atoms with Gasteiger partial charge in [0.15, 0.2) is 0 Å². The standard InChI is InChI=1S/C13H18ClNOS/c1-15-7-2-3-10(15)6-8-17-13-5-4-11(16)9-12(13)14/h4-5,9-10,16H,2-3,6-8H2,1H3. The minimum Gasteiger partial charge on any atom is -0.508 e. The zero-order chi connectivity index (χ0) is 12.3. The summed E-state index contributed by atoms with van der Waals surface area (Å²) in [6.07, 6.45) is 3.85. The molecule has 0 saturated carbocycles. The van der Waals surface area contributed by atoms with Gasteiger partial charge < -0.3 is 10.0 Å². The molecule has 0 aromatic heterocycles. The summed E-state index contributed by atoms with van der Waals surface area (Å²) in [5, 5.41) is 9.92. The second kappa shape index (κ2) is 5.98. The summed E-state index contributed by atoms with van der Waals surface area (Å²) in [7, 11) is 2.20. The van der Waals surface area contributed by atoms with Crippen LogP contribution >= 0.6 is 23.4 Å². The molecule has 0 radical (unpaired) electrons. The smallest absolute Gasteiger partial charge is 0.117 e. The van der Waals surface area contributed by atoms with E-state index in [9.17, 15) is 5.11 Å². The first-order chi connectivity index (χ1) is 8.16. The lowest BCUT2D eigenvalue weighted by molar-refractivity contribution is 0.305. The van der Waals surface area contributed by atoms with Crippen molar-refractivity contribution in [3.63, 3.8) is 0 Å². The lowest BCUT2D eigenvalue weighted by atomic mass is 10.2. The molecule has 1 aliphatic rings. The maximum absolute atomic E-state index is 9.27. The third-order valence-corrected chi connectivity index (χ3v) is 4.83. The Labute approximate surface area is 112 Å². The number of phenolic OH excluding ortho intramolecular Hbond substituents is 1. The first-order valence-electron chi connectivity index (χ1n) is 5.98. The molecule has 4 heteroatoms. The second-order valence-electron chi connectivity index (χ2n) is 4.53. The highest BCUT2D eigenvalue weighted by Gasteiger charge is 2.20. The second-order valence-corrected chi connectivity index (χ2v) is 6.07. The van der Waals surface area contributed by atoms with Crippen molar-refractivity contribution in [3.05, 3.63) is 23.2 Å². The van der Waals surface area contributed by atoms with Gasteiger partial charge in [0.2, 0.25) is 0 Å². The molecule has 1 heterocycles. The molecule has 1 aromatic rings. The van der Waals surface area contributed by atoms with Crippen molar-refractivity contribution < 1.29 is 5.11 Å². The van der Waals surface area contributed by atoms with E-state index in [1.807, 2.05) is 6.07 Å². The van der Waals surface area contributed by atoms with Crippen molar-refractivity contribution in [1.82, 2.24) is 4.90 Å². The van der Waals surface area contributed by atoms with E-state index in [1.165, 1.54) is 25.8 Å². The molecule has 0 amide bonds. The summed E-state index contributed by atoms with van der Waals surface area (Å²) in [6.45, 7) is 1.23. The highest BCUT2D eigenvalue weighted by atomic mass is 35.5. The monoisotopic (exact) mass is 271 g/mol. The average Bonchev–Trinajstić information content (AvgIpc) is 2.68. The molecule has 2 nitrogen and oxygen atoms in total. The molecular formula is C13H18ClNOS. The molecule has 1 saturated heterocycles. The Morgan fingerprint density at radius 3 is 3.00 bits per heavy atom. The maximum atomic E-state index is 9.27. The fraction of sp³-hybridized carbons (Fsp3) is 0.538. The van der Waals surface area contributed by atoms with Crippen molar-refractivity contribution in [3.8, 4) is 5.75 Å². The van der Waals surface area contributed by atoms with Crippen molar-refractivity contribution in [2.45, 2.75) is 30.2 Å². The van der Waals surface area contributed by atoms with Gasteiger partial charge in [-0.1, -0.05) is 11.6 Å². The molecule has 17 heavy (non-hydrogen) atoms. The van der Waals surface area contributed by atoms with Gasteiger partial charge in [-0.25, -0.2) is 0 Å². The van der Waals surface area contributed by atoms with E-state index < -0.39 is 0 Å². The zero-order valence-electron chi connectivity index (χ0n) is 10.0. The number of nitrogens with zero attached hydrogens (tertiary/aromatic N) is 1. The van der Waals surface area contributed by atoms with E-state index in [-0.39, 0.29) is 5.75 Å². The lowest BCUT2D eigenvalue weighted by Crippen LogP contribution is -2.25. The van der Waals surface area contributed by atoms with Crippen LogP contribution in [0.25, 0.3) is 0 Å². The van der Waals surface area contributed by atoms with Gasteiger partial charge in [0.25, 0.3) is 0 Å². The Hall–Kier alpha value is -0.380. The molecule has 1 aromatic carbocycles. The molecule has 1 fully saturated rings. The third-order valence-electron chi connectivity index (χ3n) is 3.30. The summed E-state index contributed by atoms with van der Waals surface area (Å²) in [4.78, 5) is 3.50. The number of benzene rings is 1.